The molecule has 0 radical (unpaired) electrons. The van der Waals surface area contributed by atoms with Gasteiger partial charge in [-0.15, -0.1) is 0 Å². The van der Waals surface area contributed by atoms with Crippen LogP contribution in [0.15, 0.2) is 24.3 Å². The number of amides is 1. The molecule has 2 rings (SSSR count). The number of nitrogens with two attached hydrogens (primary N) is 1. The van der Waals surface area contributed by atoms with Crippen molar-refractivity contribution in [1.82, 2.24) is 10.3 Å². The van der Waals surface area contributed by atoms with Crippen LogP contribution in [-0.2, 0) is 4.79 Å². The molecule has 0 fully saturated rings. The molecule has 2 aromatic rings. The van der Waals surface area contributed by atoms with E-state index in [1.165, 1.54) is 0 Å². The molecule has 7 nitrogen and oxygen atoms in total. The Hall–Kier alpha value is -2.59. The molecule has 136 valence electrons. The Morgan fingerprint density at radius 2 is 1.76 bits per heavy atom. The fourth-order valence-corrected chi connectivity index (χ4v) is 1.89. The number of hydrogen-bond acceptors (Lipinski definition) is 5. The standard InChI is InChI=1S/C12H12ClN3O2.C2HF3O2/c13-11-8-4-2-1-3-7(8)10(17)9(16-11)12(18)15-6-5-14;3-2(4,5)1(6)7/h1-4,17H,5-6,14H2,(H,15,18);(H,6,7). The molecule has 0 saturated carbocycles. The predicted molar refractivity (Wildman–Crippen MR) is 83.5 cm³/mol. The van der Waals surface area contributed by atoms with E-state index in [-0.39, 0.29) is 16.6 Å². The average molecular weight is 380 g/mol. The first-order valence-electron chi connectivity index (χ1n) is 6.65. The van der Waals surface area contributed by atoms with E-state index in [0.29, 0.717) is 23.9 Å². The monoisotopic (exact) mass is 379 g/mol. The number of alkyl halides is 3. The zero-order valence-electron chi connectivity index (χ0n) is 12.5. The van der Waals surface area contributed by atoms with Crippen molar-refractivity contribution in [3.05, 3.63) is 35.1 Å². The third kappa shape index (κ3) is 5.47. The van der Waals surface area contributed by atoms with Gasteiger partial charge in [-0.1, -0.05) is 35.9 Å². The number of benzene rings is 1. The quantitative estimate of drug-likeness (QED) is 0.604. The van der Waals surface area contributed by atoms with Gasteiger partial charge in [-0.3, -0.25) is 4.79 Å². The lowest BCUT2D eigenvalue weighted by molar-refractivity contribution is -0.192. The number of carboxylic acids is 1. The normalized spacial score (nSPS) is 10.8. The van der Waals surface area contributed by atoms with Gasteiger partial charge in [0.15, 0.2) is 11.4 Å². The fraction of sp³-hybridized carbons (Fsp3) is 0.214. The van der Waals surface area contributed by atoms with Crippen LogP contribution in [0.5, 0.6) is 5.75 Å². The van der Waals surface area contributed by atoms with Crippen molar-refractivity contribution in [2.24, 2.45) is 5.73 Å². The minimum absolute atomic E-state index is 0.0906. The van der Waals surface area contributed by atoms with Crippen molar-refractivity contribution in [1.29, 1.82) is 0 Å². The minimum atomic E-state index is -5.08. The van der Waals surface area contributed by atoms with E-state index in [0.717, 1.165) is 0 Å². The SMILES string of the molecule is NCCNC(=O)c1nc(Cl)c2ccccc2c1O.O=C(O)C(F)(F)F. The molecule has 0 aliphatic carbocycles. The number of hydrogen-bond donors (Lipinski definition) is 4. The summed E-state index contributed by atoms with van der Waals surface area (Å²) in [5.41, 5.74) is 5.20. The van der Waals surface area contributed by atoms with Gasteiger partial charge in [0.25, 0.3) is 5.91 Å². The number of nitrogens with zero attached hydrogens (tertiary/aromatic N) is 1. The minimum Gasteiger partial charge on any atom is -0.505 e. The Morgan fingerprint density at radius 3 is 2.24 bits per heavy atom. The smallest absolute Gasteiger partial charge is 0.490 e. The maximum atomic E-state index is 11.8. The maximum absolute atomic E-state index is 11.8. The molecule has 1 amide bonds. The van der Waals surface area contributed by atoms with Crippen LogP contribution in [0.4, 0.5) is 13.2 Å². The molecule has 0 aliphatic rings. The summed E-state index contributed by atoms with van der Waals surface area (Å²) < 4.78 is 31.7. The highest BCUT2D eigenvalue weighted by Gasteiger charge is 2.38. The van der Waals surface area contributed by atoms with Crippen LogP contribution in [-0.4, -0.2) is 46.3 Å². The second-order valence-electron chi connectivity index (χ2n) is 4.49. The molecule has 0 aliphatic heterocycles. The van der Waals surface area contributed by atoms with Crippen LogP contribution in [0.2, 0.25) is 5.15 Å². The lowest BCUT2D eigenvalue weighted by atomic mass is 10.1. The van der Waals surface area contributed by atoms with Gasteiger partial charge in [-0.2, -0.15) is 13.2 Å². The van der Waals surface area contributed by atoms with E-state index < -0.39 is 18.1 Å². The zero-order chi connectivity index (χ0) is 19.2. The molecule has 25 heavy (non-hydrogen) atoms. The average Bonchev–Trinajstić information content (AvgIpc) is 2.55. The van der Waals surface area contributed by atoms with Crippen LogP contribution in [0.25, 0.3) is 10.8 Å². The largest absolute Gasteiger partial charge is 0.505 e. The van der Waals surface area contributed by atoms with Gasteiger partial charge < -0.3 is 21.3 Å². The molecule has 1 aromatic carbocycles. The molecule has 1 aromatic heterocycles. The summed E-state index contributed by atoms with van der Waals surface area (Å²) in [4.78, 5) is 24.6. The Labute approximate surface area is 144 Å². The van der Waals surface area contributed by atoms with Crippen LogP contribution in [0, 0.1) is 0 Å². The van der Waals surface area contributed by atoms with Crippen LogP contribution in [0.1, 0.15) is 10.5 Å². The highest BCUT2D eigenvalue weighted by Crippen LogP contribution is 2.31. The molecule has 1 heterocycles. The van der Waals surface area contributed by atoms with E-state index in [2.05, 4.69) is 10.3 Å². The molecular weight excluding hydrogens is 367 g/mol. The van der Waals surface area contributed by atoms with Gasteiger partial charge in [-0.25, -0.2) is 9.78 Å². The highest BCUT2D eigenvalue weighted by molar-refractivity contribution is 6.34. The molecule has 0 bridgehead atoms. The molecule has 11 heteroatoms. The van der Waals surface area contributed by atoms with Gasteiger partial charge in [0.1, 0.15) is 5.15 Å². The number of aliphatic carboxylic acids is 1. The highest BCUT2D eigenvalue weighted by atomic mass is 35.5. The molecule has 0 spiro atoms. The lowest BCUT2D eigenvalue weighted by Crippen LogP contribution is -2.29. The van der Waals surface area contributed by atoms with Crippen LogP contribution < -0.4 is 11.1 Å². The van der Waals surface area contributed by atoms with Gasteiger partial charge in [0, 0.05) is 23.9 Å². The molecule has 0 saturated heterocycles. The third-order valence-electron chi connectivity index (χ3n) is 2.73. The molecular formula is C14H13ClF3N3O4. The Bertz CT molecular complexity index is 784. The topological polar surface area (TPSA) is 126 Å². The molecule has 0 unspecified atom stereocenters. The summed E-state index contributed by atoms with van der Waals surface area (Å²) in [5, 5.41) is 21.0. The van der Waals surface area contributed by atoms with Crippen molar-refractivity contribution < 1.29 is 33.0 Å². The Balaban J connectivity index is 0.000000381. The van der Waals surface area contributed by atoms with E-state index >= 15 is 0 Å². The summed E-state index contributed by atoms with van der Waals surface area (Å²) in [7, 11) is 0. The first kappa shape index (κ1) is 20.5. The zero-order valence-corrected chi connectivity index (χ0v) is 13.2. The number of rotatable bonds is 3. The van der Waals surface area contributed by atoms with Gasteiger partial charge in [0.05, 0.1) is 0 Å². The number of carbonyl (C=O) groups is 2. The van der Waals surface area contributed by atoms with E-state index in [9.17, 15) is 23.1 Å². The van der Waals surface area contributed by atoms with E-state index in [1.807, 2.05) is 0 Å². The molecule has 0 atom stereocenters. The lowest BCUT2D eigenvalue weighted by Gasteiger charge is -2.08. The number of carboxylic acid groups (broad SMARTS) is 1. The van der Waals surface area contributed by atoms with Gasteiger partial charge >= 0.3 is 12.1 Å². The summed E-state index contributed by atoms with van der Waals surface area (Å²) in [6.45, 7) is 0.623. The number of fused-ring (bicyclic) bond motifs is 1. The summed E-state index contributed by atoms with van der Waals surface area (Å²) >= 11 is 5.99. The number of pyridine rings is 1. The molecule has 5 N–H and O–H groups in total. The van der Waals surface area contributed by atoms with Crippen molar-refractivity contribution >= 4 is 34.2 Å². The van der Waals surface area contributed by atoms with E-state index in [4.69, 9.17) is 27.2 Å². The first-order chi connectivity index (χ1) is 11.6. The fourth-order valence-electron chi connectivity index (χ4n) is 1.64. The number of nitrogens with one attached hydrogen (secondary N) is 1. The number of aromatic hydroxyl groups is 1. The number of halogens is 4. The van der Waals surface area contributed by atoms with Crippen LogP contribution in [0.3, 0.4) is 0 Å². The van der Waals surface area contributed by atoms with Gasteiger partial charge in [0.2, 0.25) is 0 Å². The van der Waals surface area contributed by atoms with Crippen molar-refractivity contribution in [3.63, 3.8) is 0 Å². The first-order valence-corrected chi connectivity index (χ1v) is 7.03. The van der Waals surface area contributed by atoms with Gasteiger partial charge in [-0.05, 0) is 0 Å². The summed E-state index contributed by atoms with van der Waals surface area (Å²) in [6, 6.07) is 6.94. The Morgan fingerprint density at radius 1 is 1.24 bits per heavy atom. The third-order valence-corrected chi connectivity index (χ3v) is 3.01. The predicted octanol–water partition coefficient (Wildman–Crippen LogP) is 1.92. The van der Waals surface area contributed by atoms with Crippen LogP contribution >= 0.6 is 11.6 Å². The number of carbonyl (C=O) groups excluding carboxylic acids is 1. The van der Waals surface area contributed by atoms with Crippen molar-refractivity contribution in [2.75, 3.05) is 13.1 Å². The maximum Gasteiger partial charge on any atom is 0.490 e. The summed E-state index contributed by atoms with van der Waals surface area (Å²) in [5.74, 6) is -3.43. The number of aromatic nitrogens is 1. The summed E-state index contributed by atoms with van der Waals surface area (Å²) in [6.07, 6.45) is -5.08. The van der Waals surface area contributed by atoms with Crippen molar-refractivity contribution in [2.45, 2.75) is 6.18 Å². The van der Waals surface area contributed by atoms with Crippen molar-refractivity contribution in [3.8, 4) is 5.75 Å². The second kappa shape index (κ2) is 8.49. The second-order valence-corrected chi connectivity index (χ2v) is 4.85. The Kier molecular flexibility index (Phi) is 6.95. The van der Waals surface area contributed by atoms with E-state index in [1.54, 1.807) is 24.3 Å².